The molecule has 12 heavy (non-hydrogen) atoms. The molecule has 0 fully saturated rings. The van der Waals surface area contributed by atoms with Crippen molar-refractivity contribution in [3.8, 4) is 0 Å². The minimum Gasteiger partial charge on any atom is -0.313 e. The molecule has 0 amide bonds. The van der Waals surface area contributed by atoms with Crippen LogP contribution in [0.5, 0.6) is 0 Å². The summed E-state index contributed by atoms with van der Waals surface area (Å²) >= 11 is 0. The molecule has 0 aliphatic heterocycles. The van der Waals surface area contributed by atoms with E-state index in [9.17, 15) is 0 Å². The highest BCUT2D eigenvalue weighted by atomic mass is 14.8. The molecule has 0 aromatic rings. The topological polar surface area (TPSA) is 12.0 Å². The van der Waals surface area contributed by atoms with Crippen LogP contribution in [0, 0.1) is 0 Å². The summed E-state index contributed by atoms with van der Waals surface area (Å²) < 4.78 is 0. The van der Waals surface area contributed by atoms with Crippen LogP contribution < -0.4 is 5.32 Å². The van der Waals surface area contributed by atoms with Gasteiger partial charge in [0.15, 0.2) is 0 Å². The zero-order valence-electron chi connectivity index (χ0n) is 7.46. The van der Waals surface area contributed by atoms with Crippen LogP contribution in [0.25, 0.3) is 0 Å². The molecule has 1 heteroatoms. The van der Waals surface area contributed by atoms with E-state index in [4.69, 9.17) is 0 Å². The summed E-state index contributed by atoms with van der Waals surface area (Å²) in [5.41, 5.74) is 1.32. The van der Waals surface area contributed by atoms with E-state index < -0.39 is 0 Å². The largest absolute Gasteiger partial charge is 0.313 e. The van der Waals surface area contributed by atoms with Crippen molar-refractivity contribution < 1.29 is 0 Å². The number of allylic oxidation sites excluding steroid dienone is 6. The maximum atomic E-state index is 3.29. The lowest BCUT2D eigenvalue weighted by Crippen LogP contribution is -2.15. The molecule has 0 bridgehead atoms. The highest BCUT2D eigenvalue weighted by molar-refractivity contribution is 5.31. The van der Waals surface area contributed by atoms with Crippen molar-refractivity contribution in [1.82, 2.24) is 5.32 Å². The second-order valence-electron chi connectivity index (χ2n) is 2.65. The lowest BCUT2D eigenvalue weighted by Gasteiger charge is -2.01. The molecular weight excluding hydrogens is 146 g/mol. The quantitative estimate of drug-likeness (QED) is 0.669. The molecule has 0 unspecified atom stereocenters. The Balaban J connectivity index is 2.50. The summed E-state index contributed by atoms with van der Waals surface area (Å²) in [7, 11) is 0. The van der Waals surface area contributed by atoms with Gasteiger partial charge in [0, 0.05) is 6.54 Å². The molecule has 64 valence electrons. The molecule has 0 spiro atoms. The standard InChI is InChI=1S/C11H15N/c1-2-12-10-11-8-6-4-3-5-7-9-11/h3-9,12H,2,10H2,1H3/b4-3-,5-3?,6-4?,7-5-,8-6-,9-7?,11-8?,11-9+. The second kappa shape index (κ2) is 5.56. The smallest absolute Gasteiger partial charge is 0.0205 e. The molecule has 1 aliphatic rings. The molecule has 0 atom stereocenters. The molecule has 1 nitrogen and oxygen atoms in total. The molecule has 0 aromatic heterocycles. The minimum atomic E-state index is 0.950. The third-order valence-electron chi connectivity index (χ3n) is 1.64. The molecule has 1 rings (SSSR count). The fourth-order valence-corrected chi connectivity index (χ4v) is 0.993. The molecule has 1 aliphatic carbocycles. The van der Waals surface area contributed by atoms with E-state index in [0.29, 0.717) is 0 Å². The number of rotatable bonds is 3. The second-order valence-corrected chi connectivity index (χ2v) is 2.65. The lowest BCUT2D eigenvalue weighted by molar-refractivity contribution is 0.785. The minimum absolute atomic E-state index is 0.950. The predicted octanol–water partition coefficient (Wildman–Crippen LogP) is 2.20. The van der Waals surface area contributed by atoms with Gasteiger partial charge in [-0.3, -0.25) is 0 Å². The van der Waals surface area contributed by atoms with Crippen LogP contribution in [0.1, 0.15) is 6.92 Å². The first-order valence-corrected chi connectivity index (χ1v) is 4.35. The molecule has 1 N–H and O–H groups in total. The first-order chi connectivity index (χ1) is 5.93. The van der Waals surface area contributed by atoms with Crippen LogP contribution in [0.4, 0.5) is 0 Å². The number of nitrogens with one attached hydrogen (secondary N) is 1. The van der Waals surface area contributed by atoms with Crippen LogP contribution in [0.3, 0.4) is 0 Å². The van der Waals surface area contributed by atoms with Gasteiger partial charge >= 0.3 is 0 Å². The molecule has 0 radical (unpaired) electrons. The number of hydrogen-bond donors (Lipinski definition) is 1. The van der Waals surface area contributed by atoms with Crippen LogP contribution in [-0.4, -0.2) is 13.1 Å². The van der Waals surface area contributed by atoms with Crippen molar-refractivity contribution >= 4 is 0 Å². The van der Waals surface area contributed by atoms with E-state index in [1.54, 1.807) is 0 Å². The first kappa shape index (κ1) is 9.01. The fraction of sp³-hybridized carbons (Fsp3) is 0.273. The van der Waals surface area contributed by atoms with Crippen LogP contribution in [-0.2, 0) is 0 Å². The fourth-order valence-electron chi connectivity index (χ4n) is 0.993. The Kier molecular flexibility index (Phi) is 4.17. The summed E-state index contributed by atoms with van der Waals surface area (Å²) in [4.78, 5) is 0. The predicted molar refractivity (Wildman–Crippen MR) is 54.0 cm³/mol. The highest BCUT2D eigenvalue weighted by Crippen LogP contribution is 1.99. The van der Waals surface area contributed by atoms with Gasteiger partial charge in [-0.1, -0.05) is 49.5 Å². The van der Waals surface area contributed by atoms with Crippen molar-refractivity contribution in [2.24, 2.45) is 0 Å². The number of likely N-dealkylation sites (N-methyl/N-ethyl adjacent to an activating group) is 1. The Morgan fingerprint density at radius 1 is 1.08 bits per heavy atom. The third kappa shape index (κ3) is 3.35. The maximum absolute atomic E-state index is 3.29. The van der Waals surface area contributed by atoms with E-state index in [0.717, 1.165) is 13.1 Å². The SMILES string of the molecule is CCNCC1=C/C=C\C=C/C=C\1. The summed E-state index contributed by atoms with van der Waals surface area (Å²) in [5, 5.41) is 3.29. The molecule has 0 saturated carbocycles. The zero-order chi connectivity index (χ0) is 8.65. The van der Waals surface area contributed by atoms with Gasteiger partial charge in [-0.05, 0) is 12.1 Å². The van der Waals surface area contributed by atoms with Gasteiger partial charge in [-0.15, -0.1) is 0 Å². The normalized spacial score (nSPS) is 27.9. The van der Waals surface area contributed by atoms with Gasteiger partial charge in [0.05, 0.1) is 0 Å². The summed E-state index contributed by atoms with van der Waals surface area (Å²) in [6.45, 7) is 4.08. The Morgan fingerprint density at radius 3 is 2.67 bits per heavy atom. The van der Waals surface area contributed by atoms with Crippen molar-refractivity contribution in [3.05, 3.63) is 48.1 Å². The van der Waals surface area contributed by atoms with E-state index >= 15 is 0 Å². The third-order valence-corrected chi connectivity index (χ3v) is 1.64. The average molecular weight is 161 g/mol. The van der Waals surface area contributed by atoms with Gasteiger partial charge in [-0.2, -0.15) is 0 Å². The Hall–Kier alpha value is -1.08. The summed E-state index contributed by atoms with van der Waals surface area (Å²) in [6.07, 6.45) is 14.5. The van der Waals surface area contributed by atoms with Gasteiger partial charge < -0.3 is 5.32 Å². The van der Waals surface area contributed by atoms with Crippen LogP contribution in [0.15, 0.2) is 48.1 Å². The molecule has 0 saturated heterocycles. The zero-order valence-corrected chi connectivity index (χ0v) is 7.46. The van der Waals surface area contributed by atoms with Crippen molar-refractivity contribution in [2.75, 3.05) is 13.1 Å². The molecular formula is C11H15N. The average Bonchev–Trinajstić information content (AvgIpc) is 2.02. The van der Waals surface area contributed by atoms with Crippen LogP contribution >= 0.6 is 0 Å². The monoisotopic (exact) mass is 161 g/mol. The highest BCUT2D eigenvalue weighted by Gasteiger charge is 1.88. The Morgan fingerprint density at radius 2 is 1.83 bits per heavy atom. The van der Waals surface area contributed by atoms with Crippen molar-refractivity contribution in [2.45, 2.75) is 6.92 Å². The van der Waals surface area contributed by atoms with Crippen LogP contribution in [0.2, 0.25) is 0 Å². The number of hydrogen-bond acceptors (Lipinski definition) is 1. The van der Waals surface area contributed by atoms with E-state index in [1.165, 1.54) is 5.57 Å². The summed E-state index contributed by atoms with van der Waals surface area (Å²) in [5.74, 6) is 0. The maximum Gasteiger partial charge on any atom is 0.0205 e. The summed E-state index contributed by atoms with van der Waals surface area (Å²) in [6, 6.07) is 0. The van der Waals surface area contributed by atoms with Crippen molar-refractivity contribution in [3.63, 3.8) is 0 Å². The lowest BCUT2D eigenvalue weighted by atomic mass is 10.2. The van der Waals surface area contributed by atoms with Gasteiger partial charge in [-0.25, -0.2) is 0 Å². The molecule has 0 aromatic carbocycles. The van der Waals surface area contributed by atoms with Crippen molar-refractivity contribution in [1.29, 1.82) is 0 Å². The van der Waals surface area contributed by atoms with E-state index in [2.05, 4.69) is 36.5 Å². The van der Waals surface area contributed by atoms with Gasteiger partial charge in [0.25, 0.3) is 0 Å². The first-order valence-electron chi connectivity index (χ1n) is 4.35. The van der Waals surface area contributed by atoms with Gasteiger partial charge in [0.2, 0.25) is 0 Å². The van der Waals surface area contributed by atoms with E-state index in [-0.39, 0.29) is 0 Å². The Labute approximate surface area is 74.2 Å². The van der Waals surface area contributed by atoms with Gasteiger partial charge in [0.1, 0.15) is 0 Å². The Bertz CT molecular complexity index is 231. The van der Waals surface area contributed by atoms with E-state index in [1.807, 2.05) is 18.2 Å². The molecule has 0 heterocycles.